The van der Waals surface area contributed by atoms with Gasteiger partial charge in [-0.25, -0.2) is 4.79 Å². The van der Waals surface area contributed by atoms with E-state index in [0.717, 1.165) is 16.9 Å². The molecule has 0 heterocycles. The number of nitrogens with one attached hydrogen (secondary N) is 2. The smallest absolute Gasteiger partial charge is 0.319 e. The molecule has 4 nitrogen and oxygen atoms in total. The molecule has 23 heavy (non-hydrogen) atoms. The molecular formula is C17H19Cl2N3O. The summed E-state index contributed by atoms with van der Waals surface area (Å²) >= 11 is 11.8. The van der Waals surface area contributed by atoms with Crippen molar-refractivity contribution in [3.8, 4) is 0 Å². The number of halogens is 2. The van der Waals surface area contributed by atoms with Crippen LogP contribution in [-0.4, -0.2) is 26.7 Å². The zero-order valence-corrected chi connectivity index (χ0v) is 14.6. The largest absolute Gasteiger partial charge is 0.378 e. The number of hydrogen-bond acceptors (Lipinski definition) is 2. The molecule has 2 aromatic carbocycles. The maximum absolute atomic E-state index is 11.9. The Balaban J connectivity index is 1.79. The number of anilines is 2. The summed E-state index contributed by atoms with van der Waals surface area (Å²) in [5.41, 5.74) is 2.85. The monoisotopic (exact) mass is 351 g/mol. The van der Waals surface area contributed by atoms with Crippen molar-refractivity contribution in [3.63, 3.8) is 0 Å². The van der Waals surface area contributed by atoms with Crippen LogP contribution in [0.5, 0.6) is 0 Å². The van der Waals surface area contributed by atoms with Crippen LogP contribution in [0, 0.1) is 0 Å². The van der Waals surface area contributed by atoms with Crippen molar-refractivity contribution in [1.29, 1.82) is 0 Å². The molecule has 0 unspecified atom stereocenters. The Morgan fingerprint density at radius 1 is 1.04 bits per heavy atom. The van der Waals surface area contributed by atoms with E-state index in [2.05, 4.69) is 10.6 Å². The van der Waals surface area contributed by atoms with Gasteiger partial charge in [0.15, 0.2) is 0 Å². The molecule has 0 saturated heterocycles. The van der Waals surface area contributed by atoms with Gasteiger partial charge < -0.3 is 15.5 Å². The standard InChI is InChI=1S/C17H19Cl2N3O/c1-22(2)14-6-4-13(5-7-14)21-17(23)20-10-9-12-3-8-15(18)16(19)11-12/h3-8,11H,9-10H2,1-2H3,(H2,20,21,23). The van der Waals surface area contributed by atoms with Gasteiger partial charge >= 0.3 is 6.03 Å². The fraction of sp³-hybridized carbons (Fsp3) is 0.235. The van der Waals surface area contributed by atoms with E-state index < -0.39 is 0 Å². The van der Waals surface area contributed by atoms with Crippen molar-refractivity contribution in [3.05, 3.63) is 58.1 Å². The van der Waals surface area contributed by atoms with Gasteiger partial charge in [-0.05, 0) is 48.4 Å². The highest BCUT2D eigenvalue weighted by atomic mass is 35.5. The Hall–Kier alpha value is -1.91. The molecule has 0 atom stereocenters. The molecule has 0 radical (unpaired) electrons. The molecule has 2 rings (SSSR count). The van der Waals surface area contributed by atoms with Crippen LogP contribution in [0.3, 0.4) is 0 Å². The average Bonchev–Trinajstić information content (AvgIpc) is 2.51. The van der Waals surface area contributed by atoms with Crippen molar-refractivity contribution in [2.75, 3.05) is 30.9 Å². The molecule has 0 bridgehead atoms. The molecule has 0 aliphatic carbocycles. The molecule has 0 aromatic heterocycles. The van der Waals surface area contributed by atoms with Crippen LogP contribution < -0.4 is 15.5 Å². The van der Waals surface area contributed by atoms with Gasteiger partial charge in [0.05, 0.1) is 10.0 Å². The third-order valence-corrected chi connectivity index (χ3v) is 4.06. The highest BCUT2D eigenvalue weighted by Crippen LogP contribution is 2.22. The highest BCUT2D eigenvalue weighted by molar-refractivity contribution is 6.42. The van der Waals surface area contributed by atoms with Crippen LogP contribution in [0.4, 0.5) is 16.2 Å². The van der Waals surface area contributed by atoms with Crippen molar-refractivity contribution in [2.45, 2.75) is 6.42 Å². The van der Waals surface area contributed by atoms with Gasteiger partial charge in [0.25, 0.3) is 0 Å². The highest BCUT2D eigenvalue weighted by Gasteiger charge is 2.03. The fourth-order valence-electron chi connectivity index (χ4n) is 2.03. The summed E-state index contributed by atoms with van der Waals surface area (Å²) in [5.74, 6) is 0. The van der Waals surface area contributed by atoms with Gasteiger partial charge in [0.1, 0.15) is 0 Å². The number of carbonyl (C=O) groups is 1. The second-order valence-electron chi connectivity index (χ2n) is 5.32. The van der Waals surface area contributed by atoms with E-state index in [0.29, 0.717) is 23.0 Å². The molecule has 0 aliphatic heterocycles. The second-order valence-corrected chi connectivity index (χ2v) is 6.14. The number of rotatable bonds is 5. The number of amides is 2. The maximum atomic E-state index is 11.9. The topological polar surface area (TPSA) is 44.4 Å². The van der Waals surface area contributed by atoms with Gasteiger partial charge in [0, 0.05) is 32.0 Å². The van der Waals surface area contributed by atoms with Crippen LogP contribution in [0.1, 0.15) is 5.56 Å². The predicted molar refractivity (Wildman–Crippen MR) is 98.0 cm³/mol. The second kappa shape index (κ2) is 8.09. The summed E-state index contributed by atoms with van der Waals surface area (Å²) in [5, 5.41) is 6.67. The lowest BCUT2D eigenvalue weighted by atomic mass is 10.1. The molecule has 2 N–H and O–H groups in total. The Morgan fingerprint density at radius 2 is 1.74 bits per heavy atom. The summed E-state index contributed by atoms with van der Waals surface area (Å²) in [4.78, 5) is 13.9. The van der Waals surface area contributed by atoms with Crippen molar-refractivity contribution >= 4 is 40.6 Å². The van der Waals surface area contributed by atoms with Crippen LogP contribution >= 0.6 is 23.2 Å². The quantitative estimate of drug-likeness (QED) is 0.837. The van der Waals surface area contributed by atoms with E-state index in [1.165, 1.54) is 0 Å². The van der Waals surface area contributed by atoms with E-state index in [1.807, 2.05) is 55.4 Å². The first-order valence-electron chi connectivity index (χ1n) is 7.22. The Labute approximate surface area is 146 Å². The maximum Gasteiger partial charge on any atom is 0.319 e. The van der Waals surface area contributed by atoms with Gasteiger partial charge in [-0.2, -0.15) is 0 Å². The molecule has 6 heteroatoms. The van der Waals surface area contributed by atoms with Crippen LogP contribution in [0.2, 0.25) is 10.0 Å². The third-order valence-electron chi connectivity index (χ3n) is 3.32. The first kappa shape index (κ1) is 17.4. The lowest BCUT2D eigenvalue weighted by Crippen LogP contribution is -2.30. The number of nitrogens with zero attached hydrogens (tertiary/aromatic N) is 1. The molecule has 2 amide bonds. The minimum Gasteiger partial charge on any atom is -0.378 e. The van der Waals surface area contributed by atoms with E-state index >= 15 is 0 Å². The summed E-state index contributed by atoms with van der Waals surface area (Å²) in [6, 6.07) is 12.9. The zero-order chi connectivity index (χ0) is 16.8. The fourth-order valence-corrected chi connectivity index (χ4v) is 2.35. The number of hydrogen-bond donors (Lipinski definition) is 2. The lowest BCUT2D eigenvalue weighted by molar-refractivity contribution is 0.252. The summed E-state index contributed by atoms with van der Waals surface area (Å²) in [6.07, 6.45) is 0.684. The minimum absolute atomic E-state index is 0.234. The molecule has 0 fully saturated rings. The molecule has 2 aromatic rings. The first-order valence-corrected chi connectivity index (χ1v) is 7.97. The van der Waals surface area contributed by atoms with Gasteiger partial charge in [-0.1, -0.05) is 29.3 Å². The van der Waals surface area contributed by atoms with E-state index in [4.69, 9.17) is 23.2 Å². The number of urea groups is 1. The molecule has 0 aliphatic rings. The van der Waals surface area contributed by atoms with Crippen molar-refractivity contribution in [1.82, 2.24) is 5.32 Å². The molecule has 0 spiro atoms. The molecular weight excluding hydrogens is 333 g/mol. The van der Waals surface area contributed by atoms with Crippen LogP contribution in [0.15, 0.2) is 42.5 Å². The summed E-state index contributed by atoms with van der Waals surface area (Å²) < 4.78 is 0. The van der Waals surface area contributed by atoms with Gasteiger partial charge in [-0.3, -0.25) is 0 Å². The average molecular weight is 352 g/mol. The Morgan fingerprint density at radius 3 is 2.35 bits per heavy atom. The van der Waals surface area contributed by atoms with E-state index in [1.54, 1.807) is 6.07 Å². The molecule has 0 saturated carbocycles. The van der Waals surface area contributed by atoms with Crippen molar-refractivity contribution in [2.24, 2.45) is 0 Å². The number of carbonyl (C=O) groups excluding carboxylic acids is 1. The van der Waals surface area contributed by atoms with Crippen LogP contribution in [0.25, 0.3) is 0 Å². The predicted octanol–water partition coefficient (Wildman–Crippen LogP) is 4.42. The normalized spacial score (nSPS) is 10.3. The third kappa shape index (κ3) is 5.34. The number of benzene rings is 2. The first-order chi connectivity index (χ1) is 11.0. The summed E-state index contributed by atoms with van der Waals surface area (Å²) in [6.45, 7) is 0.513. The summed E-state index contributed by atoms with van der Waals surface area (Å²) in [7, 11) is 3.94. The van der Waals surface area contributed by atoms with E-state index in [9.17, 15) is 4.79 Å². The van der Waals surface area contributed by atoms with E-state index in [-0.39, 0.29) is 6.03 Å². The van der Waals surface area contributed by atoms with Crippen LogP contribution in [-0.2, 0) is 6.42 Å². The lowest BCUT2D eigenvalue weighted by Gasteiger charge is -2.13. The zero-order valence-electron chi connectivity index (χ0n) is 13.1. The van der Waals surface area contributed by atoms with Crippen molar-refractivity contribution < 1.29 is 4.79 Å². The van der Waals surface area contributed by atoms with Gasteiger partial charge in [-0.15, -0.1) is 0 Å². The Bertz CT molecular complexity index is 672. The minimum atomic E-state index is -0.234. The van der Waals surface area contributed by atoms with Gasteiger partial charge in [0.2, 0.25) is 0 Å². The molecule has 122 valence electrons. The SMILES string of the molecule is CN(C)c1ccc(NC(=O)NCCc2ccc(Cl)c(Cl)c2)cc1. The Kier molecular flexibility index (Phi) is 6.13.